The van der Waals surface area contributed by atoms with Crippen LogP contribution in [0.2, 0.25) is 0 Å². The van der Waals surface area contributed by atoms with Gasteiger partial charge in [0, 0.05) is 16.7 Å². The van der Waals surface area contributed by atoms with Gasteiger partial charge in [0.1, 0.15) is 6.10 Å². The molecule has 2 aromatic rings. The van der Waals surface area contributed by atoms with Gasteiger partial charge >= 0.3 is 0 Å². The van der Waals surface area contributed by atoms with Crippen molar-refractivity contribution < 1.29 is 5.11 Å². The number of hydrogen-bond donors (Lipinski definition) is 2. The lowest BCUT2D eigenvalue weighted by atomic mass is 10.1. The molecule has 4 heteroatoms. The first-order valence-corrected chi connectivity index (χ1v) is 5.84. The third kappa shape index (κ3) is 2.22. The number of H-pyrrole nitrogens is 1. The second kappa shape index (κ2) is 4.51. The summed E-state index contributed by atoms with van der Waals surface area (Å²) in [7, 11) is 0. The molecular weight excluding hydrogens is 208 g/mol. The third-order valence-electron chi connectivity index (χ3n) is 2.24. The van der Waals surface area contributed by atoms with Gasteiger partial charge in [0.15, 0.2) is 0 Å². The predicted molar refractivity (Wildman–Crippen MR) is 60.9 cm³/mol. The van der Waals surface area contributed by atoms with Crippen LogP contribution in [0.3, 0.4) is 0 Å². The molecule has 15 heavy (non-hydrogen) atoms. The molecule has 3 nitrogen and oxygen atoms in total. The van der Waals surface area contributed by atoms with Crippen LogP contribution in [0.1, 0.15) is 17.2 Å². The zero-order valence-electron chi connectivity index (χ0n) is 8.34. The predicted octanol–water partition coefficient (Wildman–Crippen LogP) is 2.21. The molecule has 0 fully saturated rings. The number of nitrogens with one attached hydrogen (secondary N) is 1. The van der Waals surface area contributed by atoms with Gasteiger partial charge in [-0.25, -0.2) is 0 Å². The summed E-state index contributed by atoms with van der Waals surface area (Å²) in [4.78, 5) is 1.15. The highest BCUT2D eigenvalue weighted by Crippen LogP contribution is 2.24. The Labute approximate surface area is 92.5 Å². The van der Waals surface area contributed by atoms with Crippen molar-refractivity contribution >= 4 is 11.8 Å². The van der Waals surface area contributed by atoms with E-state index in [0.717, 1.165) is 16.0 Å². The fourth-order valence-electron chi connectivity index (χ4n) is 1.41. The van der Waals surface area contributed by atoms with Crippen LogP contribution in [0.25, 0.3) is 0 Å². The van der Waals surface area contributed by atoms with E-state index < -0.39 is 6.10 Å². The number of nitrogens with zero attached hydrogens (tertiary/aromatic N) is 1. The van der Waals surface area contributed by atoms with Crippen LogP contribution in [0.5, 0.6) is 0 Å². The fourth-order valence-corrected chi connectivity index (χ4v) is 1.88. The third-order valence-corrected chi connectivity index (χ3v) is 2.97. The minimum Gasteiger partial charge on any atom is -0.384 e. The van der Waals surface area contributed by atoms with Crippen molar-refractivity contribution in [3.63, 3.8) is 0 Å². The second-order valence-electron chi connectivity index (χ2n) is 3.21. The molecule has 0 aliphatic heterocycles. The maximum absolute atomic E-state index is 10.0. The maximum Gasteiger partial charge on any atom is 0.107 e. The summed E-state index contributed by atoms with van der Waals surface area (Å²) in [6.45, 7) is 0. The lowest BCUT2D eigenvalue weighted by Gasteiger charge is -2.09. The Hall–Kier alpha value is -1.26. The Bertz CT molecular complexity index is 428. The first kappa shape index (κ1) is 10.3. The summed E-state index contributed by atoms with van der Waals surface area (Å²) in [5.41, 5.74) is 1.68. The van der Waals surface area contributed by atoms with E-state index in [0.29, 0.717) is 0 Å². The van der Waals surface area contributed by atoms with Gasteiger partial charge in [-0.15, -0.1) is 11.8 Å². The number of aliphatic hydroxyl groups excluding tert-OH is 1. The fraction of sp³-hybridized carbons (Fsp3) is 0.182. The summed E-state index contributed by atoms with van der Waals surface area (Å²) in [6, 6.07) is 7.88. The molecule has 0 saturated heterocycles. The average Bonchev–Trinajstić information content (AvgIpc) is 2.81. The van der Waals surface area contributed by atoms with E-state index in [1.165, 1.54) is 0 Å². The highest BCUT2D eigenvalue weighted by molar-refractivity contribution is 7.98. The number of aromatic nitrogens is 2. The number of rotatable bonds is 3. The van der Waals surface area contributed by atoms with Gasteiger partial charge in [-0.3, -0.25) is 5.10 Å². The second-order valence-corrected chi connectivity index (χ2v) is 4.09. The van der Waals surface area contributed by atoms with Crippen LogP contribution < -0.4 is 0 Å². The van der Waals surface area contributed by atoms with Gasteiger partial charge in [0.25, 0.3) is 0 Å². The monoisotopic (exact) mass is 220 g/mol. The molecule has 1 unspecified atom stereocenters. The average molecular weight is 220 g/mol. The van der Waals surface area contributed by atoms with Gasteiger partial charge < -0.3 is 5.11 Å². The standard InChI is InChI=1S/C11H12N2OS/c1-15-10-4-2-3-8(5-10)11(14)9-6-12-13-7-9/h2-7,11,14H,1H3,(H,12,13). The van der Waals surface area contributed by atoms with Crippen LogP contribution >= 0.6 is 11.8 Å². The van der Waals surface area contributed by atoms with Gasteiger partial charge in [-0.05, 0) is 24.0 Å². The molecule has 0 aliphatic rings. The number of thioether (sulfide) groups is 1. The summed E-state index contributed by atoms with van der Waals surface area (Å²) >= 11 is 1.66. The van der Waals surface area contributed by atoms with E-state index in [9.17, 15) is 5.11 Å². The van der Waals surface area contributed by atoms with Crippen molar-refractivity contribution in [2.75, 3.05) is 6.26 Å². The Morgan fingerprint density at radius 1 is 1.40 bits per heavy atom. The quantitative estimate of drug-likeness (QED) is 0.780. The van der Waals surface area contributed by atoms with Gasteiger partial charge in [-0.2, -0.15) is 5.10 Å². The van der Waals surface area contributed by atoms with Crippen molar-refractivity contribution in [1.29, 1.82) is 0 Å². The molecule has 78 valence electrons. The summed E-state index contributed by atoms with van der Waals surface area (Å²) in [5, 5.41) is 16.5. The molecule has 0 spiro atoms. The Balaban J connectivity index is 2.29. The van der Waals surface area contributed by atoms with Crippen molar-refractivity contribution in [2.45, 2.75) is 11.0 Å². The van der Waals surface area contributed by atoms with Gasteiger partial charge in [0.2, 0.25) is 0 Å². The van der Waals surface area contributed by atoms with E-state index >= 15 is 0 Å². The number of aliphatic hydroxyl groups is 1. The van der Waals surface area contributed by atoms with E-state index in [1.54, 1.807) is 24.2 Å². The van der Waals surface area contributed by atoms with Crippen molar-refractivity contribution in [1.82, 2.24) is 10.2 Å². The molecule has 0 amide bonds. The first-order chi connectivity index (χ1) is 7.31. The first-order valence-electron chi connectivity index (χ1n) is 4.62. The molecule has 1 atom stereocenters. The van der Waals surface area contributed by atoms with Crippen LogP contribution in [0.4, 0.5) is 0 Å². The molecule has 2 N–H and O–H groups in total. The van der Waals surface area contributed by atoms with E-state index in [4.69, 9.17) is 0 Å². The molecule has 0 saturated carbocycles. The number of benzene rings is 1. The van der Waals surface area contributed by atoms with Gasteiger partial charge in [-0.1, -0.05) is 12.1 Å². The summed E-state index contributed by atoms with van der Waals surface area (Å²) in [5.74, 6) is 0. The molecule has 2 rings (SSSR count). The van der Waals surface area contributed by atoms with Crippen molar-refractivity contribution in [3.05, 3.63) is 47.8 Å². The Morgan fingerprint density at radius 3 is 2.93 bits per heavy atom. The van der Waals surface area contributed by atoms with Crippen LogP contribution in [0.15, 0.2) is 41.6 Å². The zero-order valence-corrected chi connectivity index (χ0v) is 9.16. The van der Waals surface area contributed by atoms with Crippen molar-refractivity contribution in [2.24, 2.45) is 0 Å². The van der Waals surface area contributed by atoms with Crippen LogP contribution in [-0.2, 0) is 0 Å². The highest BCUT2D eigenvalue weighted by atomic mass is 32.2. The maximum atomic E-state index is 10.0. The van der Waals surface area contributed by atoms with Gasteiger partial charge in [0.05, 0.1) is 6.20 Å². The number of hydrogen-bond acceptors (Lipinski definition) is 3. The smallest absolute Gasteiger partial charge is 0.107 e. The Kier molecular flexibility index (Phi) is 3.08. The highest BCUT2D eigenvalue weighted by Gasteiger charge is 2.11. The topological polar surface area (TPSA) is 48.9 Å². The zero-order chi connectivity index (χ0) is 10.7. The van der Waals surface area contributed by atoms with E-state index in [2.05, 4.69) is 10.2 Å². The summed E-state index contributed by atoms with van der Waals surface area (Å²) < 4.78 is 0. The van der Waals surface area contributed by atoms with E-state index in [-0.39, 0.29) is 0 Å². The molecule has 1 aromatic heterocycles. The number of aromatic amines is 1. The Morgan fingerprint density at radius 2 is 2.27 bits per heavy atom. The molecule has 1 heterocycles. The largest absolute Gasteiger partial charge is 0.384 e. The minimum atomic E-state index is -0.601. The summed E-state index contributed by atoms with van der Waals surface area (Å²) in [6.07, 6.45) is 4.76. The normalized spacial score (nSPS) is 12.7. The molecule has 0 aliphatic carbocycles. The molecular formula is C11H12N2OS. The SMILES string of the molecule is CSc1cccc(C(O)c2cn[nH]c2)c1. The van der Waals surface area contributed by atoms with Crippen molar-refractivity contribution in [3.8, 4) is 0 Å². The molecule has 0 bridgehead atoms. The van der Waals surface area contributed by atoms with Crippen LogP contribution in [-0.4, -0.2) is 21.6 Å². The lowest BCUT2D eigenvalue weighted by molar-refractivity contribution is 0.220. The van der Waals surface area contributed by atoms with E-state index in [1.807, 2.05) is 30.5 Å². The lowest BCUT2D eigenvalue weighted by Crippen LogP contribution is -1.97. The molecule has 0 radical (unpaired) electrons. The molecule has 1 aromatic carbocycles. The van der Waals surface area contributed by atoms with Crippen LogP contribution in [0, 0.1) is 0 Å². The minimum absolute atomic E-state index is 0.601.